The molecule has 0 bridgehead atoms. The lowest BCUT2D eigenvalue weighted by atomic mass is 10.3. The molecule has 0 aliphatic rings. The SMILES string of the molecule is CCOC(=O)CN(Cc1nc2ccc(Cl)cc2[nH]1)c1ccc(Cl)cc1. The van der Waals surface area contributed by atoms with Gasteiger partial charge in [0.15, 0.2) is 0 Å². The molecule has 3 rings (SSSR count). The fourth-order valence-electron chi connectivity index (χ4n) is 2.54. The molecule has 0 saturated heterocycles. The third kappa shape index (κ3) is 4.44. The fraction of sp³-hybridized carbons (Fsp3) is 0.222. The molecule has 0 atom stereocenters. The number of H-pyrrole nitrogens is 1. The Kier molecular flexibility index (Phi) is 5.46. The molecule has 130 valence electrons. The lowest BCUT2D eigenvalue weighted by molar-refractivity contribution is -0.141. The van der Waals surface area contributed by atoms with Crippen LogP contribution in [-0.4, -0.2) is 29.1 Å². The second-order valence-electron chi connectivity index (χ2n) is 5.48. The maximum Gasteiger partial charge on any atom is 0.325 e. The summed E-state index contributed by atoms with van der Waals surface area (Å²) < 4.78 is 5.08. The first-order chi connectivity index (χ1) is 12.0. The maximum absolute atomic E-state index is 12.0. The summed E-state index contributed by atoms with van der Waals surface area (Å²) in [5.74, 6) is 0.438. The largest absolute Gasteiger partial charge is 0.465 e. The number of aromatic amines is 1. The molecule has 0 spiro atoms. The summed E-state index contributed by atoms with van der Waals surface area (Å²) in [6, 6.07) is 12.8. The Morgan fingerprint density at radius 2 is 1.88 bits per heavy atom. The van der Waals surface area contributed by atoms with Crippen molar-refractivity contribution in [3.05, 3.63) is 58.3 Å². The number of aromatic nitrogens is 2. The molecule has 1 N–H and O–H groups in total. The molecular weight excluding hydrogens is 361 g/mol. The van der Waals surface area contributed by atoms with Crippen LogP contribution >= 0.6 is 23.2 Å². The zero-order valence-electron chi connectivity index (χ0n) is 13.6. The predicted molar refractivity (Wildman–Crippen MR) is 100 cm³/mol. The minimum atomic E-state index is -0.295. The average Bonchev–Trinajstić information content (AvgIpc) is 2.96. The van der Waals surface area contributed by atoms with Crippen LogP contribution in [0, 0.1) is 0 Å². The zero-order valence-corrected chi connectivity index (χ0v) is 15.1. The summed E-state index contributed by atoms with van der Waals surface area (Å²) in [4.78, 5) is 21.6. The van der Waals surface area contributed by atoms with Gasteiger partial charge < -0.3 is 14.6 Å². The van der Waals surface area contributed by atoms with Gasteiger partial charge in [0.2, 0.25) is 0 Å². The standard InChI is InChI=1S/C18H17Cl2N3O2/c1-2-25-18(24)11-23(14-6-3-12(19)4-7-14)10-17-21-15-8-5-13(20)9-16(15)22-17/h3-9H,2,10-11H2,1H3,(H,21,22). The van der Waals surface area contributed by atoms with Crippen molar-refractivity contribution < 1.29 is 9.53 Å². The molecule has 0 amide bonds. The molecule has 7 heteroatoms. The van der Waals surface area contributed by atoms with Gasteiger partial charge in [-0.1, -0.05) is 23.2 Å². The number of benzene rings is 2. The lowest BCUT2D eigenvalue weighted by Gasteiger charge is -2.22. The molecular formula is C18H17Cl2N3O2. The number of nitrogens with zero attached hydrogens (tertiary/aromatic N) is 2. The van der Waals surface area contributed by atoms with E-state index in [0.29, 0.717) is 23.2 Å². The van der Waals surface area contributed by atoms with E-state index in [4.69, 9.17) is 27.9 Å². The minimum absolute atomic E-state index is 0.118. The number of halogens is 2. The molecule has 1 aromatic heterocycles. The van der Waals surface area contributed by atoms with Crippen molar-refractivity contribution in [3.8, 4) is 0 Å². The van der Waals surface area contributed by atoms with E-state index >= 15 is 0 Å². The van der Waals surface area contributed by atoms with E-state index in [0.717, 1.165) is 22.5 Å². The molecule has 0 aliphatic carbocycles. The van der Waals surface area contributed by atoms with Crippen molar-refractivity contribution in [1.29, 1.82) is 0 Å². The maximum atomic E-state index is 12.0. The van der Waals surface area contributed by atoms with Crippen LogP contribution in [0.3, 0.4) is 0 Å². The Balaban J connectivity index is 1.86. The number of rotatable bonds is 6. The van der Waals surface area contributed by atoms with E-state index in [9.17, 15) is 4.79 Å². The molecule has 0 aliphatic heterocycles. The predicted octanol–water partition coefficient (Wildman–Crippen LogP) is 4.44. The number of esters is 1. The van der Waals surface area contributed by atoms with Crippen LogP contribution in [0.25, 0.3) is 11.0 Å². The third-order valence-electron chi connectivity index (χ3n) is 3.65. The van der Waals surface area contributed by atoms with Gasteiger partial charge in [-0.05, 0) is 49.4 Å². The number of carbonyl (C=O) groups is 1. The van der Waals surface area contributed by atoms with Crippen LogP contribution in [0.5, 0.6) is 0 Å². The van der Waals surface area contributed by atoms with Gasteiger partial charge in [0, 0.05) is 15.7 Å². The highest BCUT2D eigenvalue weighted by Crippen LogP contribution is 2.22. The Labute approximate surface area is 155 Å². The zero-order chi connectivity index (χ0) is 17.8. The summed E-state index contributed by atoms with van der Waals surface area (Å²) in [5.41, 5.74) is 2.54. The van der Waals surface area contributed by atoms with E-state index in [2.05, 4.69) is 9.97 Å². The summed E-state index contributed by atoms with van der Waals surface area (Å²) in [6.45, 7) is 2.67. The normalized spacial score (nSPS) is 10.8. The summed E-state index contributed by atoms with van der Waals surface area (Å²) in [7, 11) is 0. The number of ether oxygens (including phenoxy) is 1. The van der Waals surface area contributed by atoms with Crippen molar-refractivity contribution in [2.24, 2.45) is 0 Å². The monoisotopic (exact) mass is 377 g/mol. The Hall–Kier alpha value is -2.24. The van der Waals surface area contributed by atoms with Gasteiger partial charge in [-0.2, -0.15) is 0 Å². The van der Waals surface area contributed by atoms with Gasteiger partial charge in [0.05, 0.1) is 24.2 Å². The number of carbonyl (C=O) groups excluding carboxylic acids is 1. The Bertz CT molecular complexity index is 878. The average molecular weight is 378 g/mol. The quantitative estimate of drug-likeness (QED) is 0.645. The van der Waals surface area contributed by atoms with Gasteiger partial charge in [-0.15, -0.1) is 0 Å². The van der Waals surface area contributed by atoms with Crippen molar-refractivity contribution in [2.75, 3.05) is 18.1 Å². The second-order valence-corrected chi connectivity index (χ2v) is 6.36. The van der Waals surface area contributed by atoms with E-state index in [1.54, 1.807) is 25.1 Å². The van der Waals surface area contributed by atoms with Crippen LogP contribution in [0.4, 0.5) is 5.69 Å². The first kappa shape index (κ1) is 17.6. The second kappa shape index (κ2) is 7.76. The van der Waals surface area contributed by atoms with Gasteiger partial charge in [0.25, 0.3) is 0 Å². The van der Waals surface area contributed by atoms with Gasteiger partial charge in [0.1, 0.15) is 12.4 Å². The van der Waals surface area contributed by atoms with Crippen molar-refractivity contribution >= 4 is 45.9 Å². The van der Waals surface area contributed by atoms with E-state index in [1.807, 2.05) is 29.2 Å². The van der Waals surface area contributed by atoms with E-state index < -0.39 is 0 Å². The van der Waals surface area contributed by atoms with Crippen LogP contribution in [0.2, 0.25) is 10.0 Å². The molecule has 2 aromatic carbocycles. The van der Waals surface area contributed by atoms with Gasteiger partial charge in [-0.25, -0.2) is 4.98 Å². The van der Waals surface area contributed by atoms with Gasteiger partial charge in [-0.3, -0.25) is 4.79 Å². The fourth-order valence-corrected chi connectivity index (χ4v) is 2.84. The smallest absolute Gasteiger partial charge is 0.325 e. The molecule has 0 unspecified atom stereocenters. The first-order valence-corrected chi connectivity index (χ1v) is 8.61. The van der Waals surface area contributed by atoms with Crippen molar-refractivity contribution in [3.63, 3.8) is 0 Å². The first-order valence-electron chi connectivity index (χ1n) is 7.85. The summed E-state index contributed by atoms with van der Waals surface area (Å²) >= 11 is 12.0. The Morgan fingerprint density at radius 1 is 1.16 bits per heavy atom. The molecule has 3 aromatic rings. The highest BCUT2D eigenvalue weighted by molar-refractivity contribution is 6.31. The number of hydrogen-bond acceptors (Lipinski definition) is 4. The number of hydrogen-bond donors (Lipinski definition) is 1. The third-order valence-corrected chi connectivity index (χ3v) is 4.14. The van der Waals surface area contributed by atoms with Crippen LogP contribution < -0.4 is 4.90 Å². The minimum Gasteiger partial charge on any atom is -0.465 e. The van der Waals surface area contributed by atoms with Crippen molar-refractivity contribution in [1.82, 2.24) is 9.97 Å². The lowest BCUT2D eigenvalue weighted by Crippen LogP contribution is -2.31. The number of imidazole rings is 1. The highest BCUT2D eigenvalue weighted by Gasteiger charge is 2.15. The van der Waals surface area contributed by atoms with E-state index in [1.165, 1.54) is 0 Å². The van der Waals surface area contributed by atoms with Crippen LogP contribution in [0.1, 0.15) is 12.7 Å². The molecule has 5 nitrogen and oxygen atoms in total. The number of nitrogens with one attached hydrogen (secondary N) is 1. The van der Waals surface area contributed by atoms with Gasteiger partial charge >= 0.3 is 5.97 Å². The number of fused-ring (bicyclic) bond motifs is 1. The highest BCUT2D eigenvalue weighted by atomic mass is 35.5. The number of anilines is 1. The van der Waals surface area contributed by atoms with Crippen LogP contribution in [-0.2, 0) is 16.1 Å². The van der Waals surface area contributed by atoms with Crippen molar-refractivity contribution in [2.45, 2.75) is 13.5 Å². The summed E-state index contributed by atoms with van der Waals surface area (Å²) in [6.07, 6.45) is 0. The molecule has 25 heavy (non-hydrogen) atoms. The van der Waals surface area contributed by atoms with E-state index in [-0.39, 0.29) is 12.5 Å². The molecule has 0 fully saturated rings. The molecule has 0 saturated carbocycles. The molecule has 0 radical (unpaired) electrons. The molecule has 1 heterocycles. The van der Waals surface area contributed by atoms with Crippen LogP contribution in [0.15, 0.2) is 42.5 Å². The summed E-state index contributed by atoms with van der Waals surface area (Å²) in [5, 5.41) is 1.28. The topological polar surface area (TPSA) is 58.2 Å². The Morgan fingerprint density at radius 3 is 2.60 bits per heavy atom.